The van der Waals surface area contributed by atoms with Gasteiger partial charge in [0.2, 0.25) is 0 Å². The molecule has 0 saturated carbocycles. The zero-order valence-electron chi connectivity index (χ0n) is 9.57. The van der Waals surface area contributed by atoms with Crippen molar-refractivity contribution in [3.63, 3.8) is 0 Å². The molecule has 0 spiro atoms. The average molecular weight is 400 g/mol. The molecule has 1 aromatic heterocycles. The van der Waals surface area contributed by atoms with E-state index in [1.165, 1.54) is 12.3 Å². The van der Waals surface area contributed by atoms with E-state index in [-0.39, 0.29) is 20.8 Å². The second-order valence-electron chi connectivity index (χ2n) is 3.68. The van der Waals surface area contributed by atoms with Crippen molar-refractivity contribution in [2.75, 3.05) is 4.72 Å². The van der Waals surface area contributed by atoms with E-state index in [1.807, 2.05) is 0 Å². The van der Waals surface area contributed by atoms with Gasteiger partial charge in [0.05, 0.1) is 26.3 Å². The summed E-state index contributed by atoms with van der Waals surface area (Å²) in [6.45, 7) is 0. The van der Waals surface area contributed by atoms with Gasteiger partial charge in [-0.25, -0.2) is 17.8 Å². The van der Waals surface area contributed by atoms with Crippen molar-refractivity contribution in [3.05, 3.63) is 50.9 Å². The van der Waals surface area contributed by atoms with E-state index >= 15 is 0 Å². The van der Waals surface area contributed by atoms with Crippen LogP contribution in [0.25, 0.3) is 0 Å². The third kappa shape index (κ3) is 3.41. The molecular formula is C11H6BrCl2FN2O2S. The second-order valence-corrected chi connectivity index (χ2v) is 6.98. The number of nitrogens with one attached hydrogen (secondary N) is 1. The third-order valence-corrected chi connectivity index (χ3v) is 5.05. The van der Waals surface area contributed by atoms with Crippen LogP contribution >= 0.6 is 39.1 Å². The number of aromatic nitrogens is 1. The highest BCUT2D eigenvalue weighted by molar-refractivity contribution is 9.10. The molecule has 1 N–H and O–H groups in total. The molecule has 0 amide bonds. The van der Waals surface area contributed by atoms with Gasteiger partial charge >= 0.3 is 0 Å². The van der Waals surface area contributed by atoms with Crippen LogP contribution in [0.5, 0.6) is 0 Å². The summed E-state index contributed by atoms with van der Waals surface area (Å²) in [5.74, 6) is -0.693. The average Bonchev–Trinajstić information content (AvgIpc) is 2.37. The maximum atomic E-state index is 13.0. The largest absolute Gasteiger partial charge is 0.278 e. The lowest BCUT2D eigenvalue weighted by molar-refractivity contribution is 0.599. The number of halogens is 4. The first-order chi connectivity index (χ1) is 9.29. The Morgan fingerprint density at radius 1 is 1.25 bits per heavy atom. The van der Waals surface area contributed by atoms with Crippen molar-refractivity contribution in [1.82, 2.24) is 4.98 Å². The van der Waals surface area contributed by atoms with Crippen LogP contribution in [0.3, 0.4) is 0 Å². The van der Waals surface area contributed by atoms with Crippen molar-refractivity contribution in [3.8, 4) is 0 Å². The molecule has 20 heavy (non-hydrogen) atoms. The molecule has 0 aliphatic heterocycles. The molecule has 0 fully saturated rings. The van der Waals surface area contributed by atoms with Crippen LogP contribution in [0, 0.1) is 5.82 Å². The predicted octanol–water partition coefficient (Wildman–Crippen LogP) is 4.09. The second kappa shape index (κ2) is 5.85. The SMILES string of the molecule is O=S(=O)(Nc1cnc(Cl)c(Br)c1)c1ccc(F)c(Cl)c1. The Bertz CT molecular complexity index is 771. The van der Waals surface area contributed by atoms with Gasteiger partial charge in [-0.05, 0) is 40.2 Å². The van der Waals surface area contributed by atoms with Crippen molar-refractivity contribution < 1.29 is 12.8 Å². The quantitative estimate of drug-likeness (QED) is 0.790. The molecule has 0 aliphatic rings. The van der Waals surface area contributed by atoms with Gasteiger partial charge in [0.15, 0.2) is 0 Å². The number of hydrogen-bond donors (Lipinski definition) is 1. The molecule has 0 atom stereocenters. The Hall–Kier alpha value is -0.890. The third-order valence-electron chi connectivity index (χ3n) is 2.25. The predicted molar refractivity (Wildman–Crippen MR) is 79.2 cm³/mol. The fraction of sp³-hybridized carbons (Fsp3) is 0. The lowest BCUT2D eigenvalue weighted by Gasteiger charge is -2.09. The van der Waals surface area contributed by atoms with Gasteiger partial charge in [0.1, 0.15) is 11.0 Å². The number of anilines is 1. The van der Waals surface area contributed by atoms with E-state index < -0.39 is 15.8 Å². The summed E-state index contributed by atoms with van der Waals surface area (Å²) in [7, 11) is -3.89. The molecule has 9 heteroatoms. The first-order valence-corrected chi connectivity index (χ1v) is 8.12. The number of sulfonamides is 1. The Labute approximate surface area is 133 Å². The molecular weight excluding hydrogens is 394 g/mol. The molecule has 106 valence electrons. The van der Waals surface area contributed by atoms with Gasteiger partial charge in [-0.15, -0.1) is 0 Å². The van der Waals surface area contributed by atoms with Crippen LogP contribution in [0.4, 0.5) is 10.1 Å². The van der Waals surface area contributed by atoms with Crippen LogP contribution in [0.1, 0.15) is 0 Å². The zero-order valence-corrected chi connectivity index (χ0v) is 13.5. The standard InChI is InChI=1S/C11H6BrCl2FN2O2S/c12-8-3-6(5-16-11(8)14)17-20(18,19)7-1-2-10(15)9(13)4-7/h1-5,17H. The van der Waals surface area contributed by atoms with E-state index in [0.29, 0.717) is 4.47 Å². The summed E-state index contributed by atoms with van der Waals surface area (Å²) in [5.41, 5.74) is 0.210. The fourth-order valence-corrected chi connectivity index (χ4v) is 3.09. The minimum absolute atomic E-state index is 0.157. The smallest absolute Gasteiger partial charge is 0.261 e. The van der Waals surface area contributed by atoms with Crippen LogP contribution in [-0.2, 0) is 10.0 Å². The molecule has 4 nitrogen and oxygen atoms in total. The monoisotopic (exact) mass is 398 g/mol. The van der Waals surface area contributed by atoms with Crippen molar-refractivity contribution in [1.29, 1.82) is 0 Å². The van der Waals surface area contributed by atoms with E-state index in [1.54, 1.807) is 0 Å². The molecule has 0 unspecified atom stereocenters. The highest BCUT2D eigenvalue weighted by Crippen LogP contribution is 2.25. The number of benzene rings is 1. The Morgan fingerprint density at radius 3 is 2.55 bits per heavy atom. The Morgan fingerprint density at radius 2 is 1.95 bits per heavy atom. The highest BCUT2D eigenvalue weighted by Gasteiger charge is 2.16. The number of nitrogens with zero attached hydrogens (tertiary/aromatic N) is 1. The number of rotatable bonds is 3. The Kier molecular flexibility index (Phi) is 4.53. The zero-order chi connectivity index (χ0) is 14.9. The molecule has 1 heterocycles. The van der Waals surface area contributed by atoms with Crippen molar-refractivity contribution in [2.24, 2.45) is 0 Å². The van der Waals surface area contributed by atoms with Crippen LogP contribution < -0.4 is 4.72 Å². The summed E-state index contributed by atoms with van der Waals surface area (Å²) in [6.07, 6.45) is 1.26. The van der Waals surface area contributed by atoms with E-state index in [2.05, 4.69) is 25.6 Å². The number of pyridine rings is 1. The summed E-state index contributed by atoms with van der Waals surface area (Å²) in [5, 5.41) is -0.0685. The minimum atomic E-state index is -3.89. The van der Waals surface area contributed by atoms with E-state index in [0.717, 1.165) is 18.2 Å². The van der Waals surface area contributed by atoms with Gasteiger partial charge < -0.3 is 0 Å². The summed E-state index contributed by atoms with van der Waals surface area (Å²) < 4.78 is 39.9. The highest BCUT2D eigenvalue weighted by atomic mass is 79.9. The summed E-state index contributed by atoms with van der Waals surface area (Å²) in [4.78, 5) is 3.64. The Balaban J connectivity index is 2.35. The maximum absolute atomic E-state index is 13.0. The topological polar surface area (TPSA) is 59.1 Å². The number of hydrogen-bond acceptors (Lipinski definition) is 3. The first-order valence-electron chi connectivity index (χ1n) is 5.08. The summed E-state index contributed by atoms with van der Waals surface area (Å²) >= 11 is 14.4. The van der Waals surface area contributed by atoms with Gasteiger partial charge in [-0.3, -0.25) is 4.72 Å². The summed E-state index contributed by atoms with van der Waals surface area (Å²) in [6, 6.07) is 4.57. The lowest BCUT2D eigenvalue weighted by Crippen LogP contribution is -2.13. The molecule has 0 bridgehead atoms. The van der Waals surface area contributed by atoms with Gasteiger partial charge in [-0.2, -0.15) is 0 Å². The van der Waals surface area contributed by atoms with E-state index in [4.69, 9.17) is 23.2 Å². The first kappa shape index (κ1) is 15.5. The molecule has 2 aromatic rings. The van der Waals surface area contributed by atoms with Gasteiger partial charge in [-0.1, -0.05) is 23.2 Å². The van der Waals surface area contributed by atoms with Crippen LogP contribution in [0.15, 0.2) is 39.8 Å². The van der Waals surface area contributed by atoms with Gasteiger partial charge in [0, 0.05) is 0 Å². The van der Waals surface area contributed by atoms with Crippen LogP contribution in [-0.4, -0.2) is 13.4 Å². The van der Waals surface area contributed by atoms with Crippen molar-refractivity contribution in [2.45, 2.75) is 4.90 Å². The fourth-order valence-electron chi connectivity index (χ4n) is 1.34. The molecule has 0 saturated heterocycles. The minimum Gasteiger partial charge on any atom is -0.278 e. The van der Waals surface area contributed by atoms with Crippen molar-refractivity contribution >= 4 is 54.8 Å². The van der Waals surface area contributed by atoms with Gasteiger partial charge in [0.25, 0.3) is 10.0 Å². The molecule has 1 aromatic carbocycles. The van der Waals surface area contributed by atoms with Crippen LogP contribution in [0.2, 0.25) is 10.2 Å². The molecule has 0 aliphatic carbocycles. The maximum Gasteiger partial charge on any atom is 0.261 e. The molecule has 2 rings (SSSR count). The molecule has 0 radical (unpaired) electrons. The normalized spacial score (nSPS) is 11.4. The van der Waals surface area contributed by atoms with E-state index in [9.17, 15) is 12.8 Å². The lowest BCUT2D eigenvalue weighted by atomic mass is 10.3.